The Morgan fingerprint density at radius 2 is 1.54 bits per heavy atom. The minimum Gasteiger partial charge on any atom is -0.337 e. The van der Waals surface area contributed by atoms with Crippen molar-refractivity contribution in [3.05, 3.63) is 30.1 Å². The molecule has 0 radical (unpaired) electrons. The molecule has 0 amide bonds. The number of rotatable bonds is 0. The molecule has 0 aromatic carbocycles. The van der Waals surface area contributed by atoms with Crippen molar-refractivity contribution in [2.45, 2.75) is 19.6 Å². The summed E-state index contributed by atoms with van der Waals surface area (Å²) in [7, 11) is -1.18. The van der Waals surface area contributed by atoms with Gasteiger partial charge in [-0.3, -0.25) is 0 Å². The zero-order chi connectivity index (χ0) is 9.03. The molecule has 1 aromatic heterocycles. The average molecular weight is 180 g/mol. The van der Waals surface area contributed by atoms with E-state index in [2.05, 4.69) is 55.1 Å². The molecule has 0 N–H and O–H groups in total. The van der Waals surface area contributed by atoms with Gasteiger partial charge in [0.15, 0.2) is 0 Å². The SMILES string of the molecule is C[Si](C)(C)C#C[b-]1ccccc1.[Li+]. The van der Waals surface area contributed by atoms with Crippen LogP contribution in [0.1, 0.15) is 0 Å². The van der Waals surface area contributed by atoms with Gasteiger partial charge in [0.05, 0.1) is 0 Å². The van der Waals surface area contributed by atoms with Gasteiger partial charge in [0.1, 0.15) is 8.07 Å². The molecule has 0 aliphatic carbocycles. The fourth-order valence-corrected chi connectivity index (χ4v) is 1.49. The van der Waals surface area contributed by atoms with Gasteiger partial charge in [0.25, 0.3) is 0 Å². The summed E-state index contributed by atoms with van der Waals surface area (Å²) in [5.74, 6) is 7.54. The standard InChI is InChI=1S/C10H14BSi.Li/c1-12(2,3)10-9-11-7-5-4-6-8-11;/h4-8H,1-3H3;/q-1;+1. The molecule has 0 aliphatic rings. The monoisotopic (exact) mass is 180 g/mol. The van der Waals surface area contributed by atoms with Crippen LogP contribution in [0.25, 0.3) is 0 Å². The molecular weight excluding hydrogens is 166 g/mol. The third-order valence-electron chi connectivity index (χ3n) is 1.47. The third kappa shape index (κ3) is 5.94. The van der Waals surface area contributed by atoms with E-state index in [4.69, 9.17) is 0 Å². The maximum Gasteiger partial charge on any atom is 1.00 e. The van der Waals surface area contributed by atoms with Crippen LogP contribution >= 0.6 is 0 Å². The van der Waals surface area contributed by atoms with E-state index in [0.717, 1.165) is 0 Å². The summed E-state index contributed by atoms with van der Waals surface area (Å²) in [6.45, 7) is 6.80. The molecule has 0 nitrogen and oxygen atoms in total. The molecule has 3 heteroatoms. The molecule has 1 aromatic rings. The Hall–Kier alpha value is -0.211. The van der Waals surface area contributed by atoms with E-state index >= 15 is 0 Å². The van der Waals surface area contributed by atoms with Crippen molar-refractivity contribution in [2.75, 3.05) is 0 Å². The molecule has 0 saturated heterocycles. The summed E-state index contributed by atoms with van der Waals surface area (Å²) in [6.07, 6.45) is 0.349. The first-order valence-corrected chi connectivity index (χ1v) is 7.79. The van der Waals surface area contributed by atoms with Crippen molar-refractivity contribution in [3.63, 3.8) is 0 Å². The van der Waals surface area contributed by atoms with Crippen LogP contribution in [-0.4, -0.2) is 14.4 Å². The maximum atomic E-state index is 3.36. The van der Waals surface area contributed by atoms with E-state index in [0.29, 0.717) is 6.34 Å². The molecule has 1 heterocycles. The van der Waals surface area contributed by atoms with E-state index < -0.39 is 8.07 Å². The summed E-state index contributed by atoms with van der Waals surface area (Å²) in [6, 6.07) is 6.15. The second-order valence-electron chi connectivity index (χ2n) is 4.01. The molecule has 62 valence electrons. The quantitative estimate of drug-likeness (QED) is 0.369. The Morgan fingerprint density at radius 1 is 1.00 bits per heavy atom. The zero-order valence-electron chi connectivity index (χ0n) is 8.96. The molecule has 0 fully saturated rings. The normalized spacial score (nSPS) is 9.46. The first-order chi connectivity index (χ1) is 5.58. The molecule has 0 aliphatic heterocycles. The van der Waals surface area contributed by atoms with Crippen LogP contribution < -0.4 is 18.9 Å². The molecule has 13 heavy (non-hydrogen) atoms. The predicted molar refractivity (Wildman–Crippen MR) is 58.9 cm³/mol. The third-order valence-corrected chi connectivity index (χ3v) is 2.37. The van der Waals surface area contributed by atoms with E-state index in [-0.39, 0.29) is 18.9 Å². The van der Waals surface area contributed by atoms with E-state index in [9.17, 15) is 0 Å². The first-order valence-electron chi connectivity index (χ1n) is 4.29. The summed E-state index contributed by atoms with van der Waals surface area (Å²) in [5, 5.41) is 0. The van der Waals surface area contributed by atoms with Crippen LogP contribution in [0.15, 0.2) is 30.1 Å². The Labute approximate surface area is 94.4 Å². The molecule has 1 rings (SSSR count). The molecule has 0 unspecified atom stereocenters. The zero-order valence-corrected chi connectivity index (χ0v) is 9.96. The molecule has 0 spiro atoms. The molecule has 0 saturated carbocycles. The van der Waals surface area contributed by atoms with Gasteiger partial charge in [0, 0.05) is 0 Å². The molecular formula is C10H14BLiSi. The maximum absolute atomic E-state index is 3.36. The Kier molecular flexibility index (Phi) is 5.42. The number of hydrogen-bond donors (Lipinski definition) is 0. The summed E-state index contributed by atoms with van der Waals surface area (Å²) in [4.78, 5) is 0. The van der Waals surface area contributed by atoms with Gasteiger partial charge in [0.2, 0.25) is 0 Å². The van der Waals surface area contributed by atoms with Crippen molar-refractivity contribution >= 4 is 14.4 Å². The van der Waals surface area contributed by atoms with Crippen molar-refractivity contribution < 1.29 is 18.9 Å². The van der Waals surface area contributed by atoms with Gasteiger partial charge in [-0.1, -0.05) is 25.7 Å². The van der Waals surface area contributed by atoms with E-state index in [1.165, 1.54) is 0 Å². The smallest absolute Gasteiger partial charge is 0.337 e. The Balaban J connectivity index is 0.00000144. The van der Waals surface area contributed by atoms with Gasteiger partial charge in [-0.05, 0) is 6.34 Å². The Morgan fingerprint density at radius 3 is 2.00 bits per heavy atom. The predicted octanol–water partition coefficient (Wildman–Crippen LogP) is -0.597. The second-order valence-corrected chi connectivity index (χ2v) is 8.76. The van der Waals surface area contributed by atoms with Gasteiger partial charge >= 0.3 is 18.9 Å². The first kappa shape index (κ1) is 12.8. The van der Waals surface area contributed by atoms with Crippen molar-refractivity contribution in [1.82, 2.24) is 0 Å². The largest absolute Gasteiger partial charge is 1.00 e. The average Bonchev–Trinajstić information content (AvgIpc) is 2.02. The van der Waals surface area contributed by atoms with Crippen LogP contribution in [0, 0.1) is 11.4 Å². The van der Waals surface area contributed by atoms with E-state index in [1.807, 2.05) is 6.07 Å². The second kappa shape index (κ2) is 5.50. The van der Waals surface area contributed by atoms with Crippen LogP contribution in [-0.2, 0) is 0 Å². The molecule has 0 atom stereocenters. The number of hydrogen-bond acceptors (Lipinski definition) is 0. The van der Waals surface area contributed by atoms with Gasteiger partial charge in [-0.2, -0.15) is 5.54 Å². The van der Waals surface area contributed by atoms with Crippen LogP contribution in [0.4, 0.5) is 0 Å². The van der Waals surface area contributed by atoms with Crippen molar-refractivity contribution in [2.24, 2.45) is 0 Å². The summed E-state index contributed by atoms with van der Waals surface area (Å²) >= 11 is 0. The minimum absolute atomic E-state index is 0. The van der Waals surface area contributed by atoms with Crippen molar-refractivity contribution in [1.29, 1.82) is 0 Å². The van der Waals surface area contributed by atoms with E-state index in [1.54, 1.807) is 0 Å². The van der Waals surface area contributed by atoms with Gasteiger partial charge < -0.3 is 5.82 Å². The Bertz CT molecular complexity index is 305. The molecule has 0 bridgehead atoms. The van der Waals surface area contributed by atoms with Crippen LogP contribution in [0.2, 0.25) is 19.6 Å². The fraction of sp³-hybridized carbons (Fsp3) is 0.300. The summed E-state index contributed by atoms with van der Waals surface area (Å²) < 4.78 is 0. The van der Waals surface area contributed by atoms with Gasteiger partial charge in [-0.15, -0.1) is 12.1 Å². The minimum atomic E-state index is -1.18. The topological polar surface area (TPSA) is 0 Å². The van der Waals surface area contributed by atoms with Crippen molar-refractivity contribution in [3.8, 4) is 11.4 Å². The van der Waals surface area contributed by atoms with Crippen LogP contribution in [0.5, 0.6) is 0 Å². The summed E-state index contributed by atoms with van der Waals surface area (Å²) in [5.41, 5.74) is 3.36. The fourth-order valence-electron chi connectivity index (χ4n) is 0.892. The van der Waals surface area contributed by atoms with Crippen LogP contribution in [0.3, 0.4) is 0 Å². The van der Waals surface area contributed by atoms with Gasteiger partial charge in [-0.25, -0.2) is 11.9 Å².